The number of urea groups is 1. The smallest absolute Gasteiger partial charge is 0.412 e. The molecule has 3 aromatic rings. The Morgan fingerprint density at radius 2 is 1.91 bits per heavy atom. The number of likely N-dealkylation sites (N-methyl/N-ethyl adjacent to an activating group) is 1. The molecule has 0 unspecified atom stereocenters. The highest BCUT2D eigenvalue weighted by Crippen LogP contribution is 2.19. The van der Waals surface area contributed by atoms with Crippen molar-refractivity contribution in [1.29, 1.82) is 0 Å². The van der Waals surface area contributed by atoms with Gasteiger partial charge in [-0.2, -0.15) is 0 Å². The van der Waals surface area contributed by atoms with Gasteiger partial charge in [0.1, 0.15) is 18.2 Å². The Morgan fingerprint density at radius 3 is 2.68 bits per heavy atom. The van der Waals surface area contributed by atoms with Crippen LogP contribution in [-0.4, -0.2) is 54.9 Å². The summed E-state index contributed by atoms with van der Waals surface area (Å²) in [5, 5.41) is 7.11. The van der Waals surface area contributed by atoms with Gasteiger partial charge in [0.25, 0.3) is 0 Å². The minimum atomic E-state index is -0.704. The fraction of sp³-hybridized carbons (Fsp3) is 0.292. The predicted molar refractivity (Wildman–Crippen MR) is 128 cm³/mol. The summed E-state index contributed by atoms with van der Waals surface area (Å²) in [5.41, 5.74) is 0.447. The summed E-state index contributed by atoms with van der Waals surface area (Å²) in [6.45, 7) is 2.34. The maximum Gasteiger partial charge on any atom is 0.412 e. The van der Waals surface area contributed by atoms with Gasteiger partial charge in [-0.3, -0.25) is 5.32 Å². The molecule has 10 heteroatoms. The molecule has 180 valence electrons. The van der Waals surface area contributed by atoms with Crippen LogP contribution >= 0.6 is 11.6 Å². The van der Waals surface area contributed by atoms with Crippen LogP contribution in [0.1, 0.15) is 12.5 Å². The first kappa shape index (κ1) is 25.2. The molecule has 3 rings (SSSR count). The molecule has 0 spiro atoms. The van der Waals surface area contributed by atoms with Crippen LogP contribution in [0.15, 0.2) is 54.7 Å². The number of hydrogen-bond donors (Lipinski definition) is 2. The zero-order valence-corrected chi connectivity index (χ0v) is 19.6. The van der Waals surface area contributed by atoms with Gasteiger partial charge >= 0.3 is 12.1 Å². The van der Waals surface area contributed by atoms with Crippen LogP contribution in [0, 0.1) is 5.82 Å². The molecule has 8 nitrogen and oxygen atoms in total. The normalized spacial score (nSPS) is 11.6. The second-order valence-electron chi connectivity index (χ2n) is 7.44. The fourth-order valence-corrected chi connectivity index (χ4v) is 3.33. The molecule has 2 N–H and O–H groups in total. The number of amides is 3. The summed E-state index contributed by atoms with van der Waals surface area (Å²) in [5.74, 6) is -0.209. The lowest BCUT2D eigenvalue weighted by Gasteiger charge is -2.28. The van der Waals surface area contributed by atoms with Crippen LogP contribution in [0.2, 0.25) is 5.02 Å². The number of halogens is 2. The van der Waals surface area contributed by atoms with E-state index < -0.39 is 24.0 Å². The maximum atomic E-state index is 13.6. The lowest BCUT2D eigenvalue weighted by Crippen LogP contribution is -2.48. The summed E-state index contributed by atoms with van der Waals surface area (Å²) in [4.78, 5) is 30.5. The number of benzene rings is 2. The van der Waals surface area contributed by atoms with Gasteiger partial charge in [0.05, 0.1) is 17.7 Å². The molecule has 0 fully saturated rings. The van der Waals surface area contributed by atoms with Gasteiger partial charge in [0.2, 0.25) is 0 Å². The zero-order valence-electron chi connectivity index (χ0n) is 18.9. The molecule has 1 heterocycles. The van der Waals surface area contributed by atoms with Crippen LogP contribution in [0.3, 0.4) is 0 Å². The first-order chi connectivity index (χ1) is 16.4. The molecular formula is C24H26ClFN4O4. The van der Waals surface area contributed by atoms with E-state index >= 15 is 0 Å². The number of fused-ring (bicyclic) bond motifs is 1. The average Bonchev–Trinajstić information content (AvgIpc) is 2.84. The van der Waals surface area contributed by atoms with Crippen molar-refractivity contribution in [2.75, 3.05) is 32.2 Å². The maximum absolute atomic E-state index is 13.6. The molecule has 34 heavy (non-hydrogen) atoms. The highest BCUT2D eigenvalue weighted by molar-refractivity contribution is 6.31. The van der Waals surface area contributed by atoms with Crippen LogP contribution in [0.4, 0.5) is 19.8 Å². The molecular weight excluding hydrogens is 463 g/mol. The standard InChI is InChI=1S/C24H26ClFN4O4/c1-3-33-14-19(30(2)23(31)28-13-18-9-6-10-20(26)22(18)25)15-34-24(32)29-21-11-16-7-4-5-8-17(16)12-27-21/h4-12,19H,3,13-15H2,1-2H3,(H,28,31)(H,27,29,32)/t19-/m0/s1. The molecule has 1 atom stereocenters. The number of hydrogen-bond acceptors (Lipinski definition) is 5. The Hall–Kier alpha value is -3.43. The van der Waals surface area contributed by atoms with E-state index in [1.165, 1.54) is 17.0 Å². The van der Waals surface area contributed by atoms with E-state index in [0.717, 1.165) is 10.8 Å². The van der Waals surface area contributed by atoms with Crippen LogP contribution in [0.25, 0.3) is 10.8 Å². The number of nitrogens with zero attached hydrogens (tertiary/aromatic N) is 2. The Balaban J connectivity index is 1.56. The number of aromatic nitrogens is 1. The van der Waals surface area contributed by atoms with E-state index in [-0.39, 0.29) is 24.8 Å². The summed E-state index contributed by atoms with van der Waals surface area (Å²) in [6.07, 6.45) is 0.955. The Morgan fingerprint density at radius 1 is 1.15 bits per heavy atom. The van der Waals surface area contributed by atoms with Gasteiger partial charge in [-0.15, -0.1) is 0 Å². The van der Waals surface area contributed by atoms with E-state index in [1.54, 1.807) is 25.4 Å². The highest BCUT2D eigenvalue weighted by Gasteiger charge is 2.22. The van der Waals surface area contributed by atoms with Gasteiger partial charge in [-0.25, -0.2) is 19.0 Å². The largest absolute Gasteiger partial charge is 0.447 e. The molecule has 0 saturated carbocycles. The minimum absolute atomic E-state index is 0.0378. The average molecular weight is 489 g/mol. The molecule has 3 amide bonds. The number of anilines is 1. The fourth-order valence-electron chi connectivity index (χ4n) is 3.14. The monoisotopic (exact) mass is 488 g/mol. The number of nitrogens with one attached hydrogen (secondary N) is 2. The first-order valence-electron chi connectivity index (χ1n) is 10.7. The topological polar surface area (TPSA) is 92.8 Å². The Kier molecular flexibility index (Phi) is 9.00. The third kappa shape index (κ3) is 6.79. The highest BCUT2D eigenvalue weighted by atomic mass is 35.5. The molecule has 0 bridgehead atoms. The number of rotatable bonds is 9. The lowest BCUT2D eigenvalue weighted by molar-refractivity contribution is 0.0522. The van der Waals surface area contributed by atoms with E-state index in [4.69, 9.17) is 21.1 Å². The van der Waals surface area contributed by atoms with Gasteiger partial charge in [0.15, 0.2) is 0 Å². The molecule has 0 aliphatic rings. The van der Waals surface area contributed by atoms with E-state index in [1.807, 2.05) is 31.2 Å². The number of ether oxygens (including phenoxy) is 2. The molecule has 0 aliphatic heterocycles. The summed E-state index contributed by atoms with van der Waals surface area (Å²) in [7, 11) is 1.55. The second-order valence-corrected chi connectivity index (χ2v) is 7.81. The van der Waals surface area contributed by atoms with Crippen LogP contribution in [0.5, 0.6) is 0 Å². The molecule has 0 saturated heterocycles. The van der Waals surface area contributed by atoms with E-state index in [2.05, 4.69) is 15.6 Å². The van der Waals surface area contributed by atoms with Gasteiger partial charge in [-0.1, -0.05) is 48.0 Å². The van der Waals surface area contributed by atoms with E-state index in [0.29, 0.717) is 18.0 Å². The first-order valence-corrected chi connectivity index (χ1v) is 11.1. The molecule has 0 radical (unpaired) electrons. The summed E-state index contributed by atoms with van der Waals surface area (Å²) < 4.78 is 24.4. The van der Waals surface area contributed by atoms with Gasteiger partial charge < -0.3 is 19.7 Å². The van der Waals surface area contributed by atoms with Crippen LogP contribution < -0.4 is 10.6 Å². The molecule has 2 aromatic carbocycles. The minimum Gasteiger partial charge on any atom is -0.447 e. The third-order valence-electron chi connectivity index (χ3n) is 5.11. The quantitative estimate of drug-likeness (QED) is 0.450. The Bertz CT molecular complexity index is 1150. The van der Waals surface area contributed by atoms with Crippen molar-refractivity contribution in [3.05, 3.63) is 71.1 Å². The Labute approximate surface area is 202 Å². The van der Waals surface area contributed by atoms with Gasteiger partial charge in [-0.05, 0) is 30.0 Å². The van der Waals surface area contributed by atoms with Crippen LogP contribution in [-0.2, 0) is 16.0 Å². The lowest BCUT2D eigenvalue weighted by atomic mass is 10.2. The SMILES string of the molecule is CCOC[C@@H](COC(=O)Nc1cc2ccccc2cn1)N(C)C(=O)NCc1cccc(F)c1Cl. The van der Waals surface area contributed by atoms with Crippen molar-refractivity contribution >= 4 is 40.3 Å². The van der Waals surface area contributed by atoms with Crippen molar-refractivity contribution in [2.45, 2.75) is 19.5 Å². The van der Waals surface area contributed by atoms with Crippen molar-refractivity contribution in [3.8, 4) is 0 Å². The third-order valence-corrected chi connectivity index (χ3v) is 5.54. The molecule has 0 aliphatic carbocycles. The molecule has 1 aromatic heterocycles. The van der Waals surface area contributed by atoms with Crippen molar-refractivity contribution in [1.82, 2.24) is 15.2 Å². The predicted octanol–water partition coefficient (Wildman–Crippen LogP) is 4.82. The number of carbonyl (C=O) groups is 2. The zero-order chi connectivity index (χ0) is 24.5. The number of carbonyl (C=O) groups excluding carboxylic acids is 2. The van der Waals surface area contributed by atoms with Gasteiger partial charge in [0, 0.05) is 31.8 Å². The number of pyridine rings is 1. The van der Waals surface area contributed by atoms with Crippen molar-refractivity contribution < 1.29 is 23.5 Å². The summed E-state index contributed by atoms with van der Waals surface area (Å²) >= 11 is 5.94. The van der Waals surface area contributed by atoms with Crippen molar-refractivity contribution in [3.63, 3.8) is 0 Å². The second kappa shape index (κ2) is 12.2. The van der Waals surface area contributed by atoms with E-state index in [9.17, 15) is 14.0 Å². The summed E-state index contributed by atoms with van der Waals surface area (Å²) in [6, 6.07) is 12.7. The van der Waals surface area contributed by atoms with Crippen molar-refractivity contribution in [2.24, 2.45) is 0 Å².